The zero-order valence-corrected chi connectivity index (χ0v) is 27.2. The number of pyridine rings is 1. The molecule has 1 unspecified atom stereocenters. The van der Waals surface area contributed by atoms with E-state index in [1.807, 2.05) is 73.0 Å². The number of carbonyl (C=O) groups is 2. The summed E-state index contributed by atoms with van der Waals surface area (Å²) in [6, 6.07) is 17.6. The average molecular weight is 660 g/mol. The van der Waals surface area contributed by atoms with Gasteiger partial charge in [-0.3, -0.25) is 14.5 Å². The number of nitrogens with zero attached hydrogens (tertiary/aromatic N) is 5. The van der Waals surface area contributed by atoms with Gasteiger partial charge in [0, 0.05) is 17.0 Å². The second kappa shape index (κ2) is 13.0. The van der Waals surface area contributed by atoms with Crippen molar-refractivity contribution in [2.24, 2.45) is 0 Å². The summed E-state index contributed by atoms with van der Waals surface area (Å²) in [5.41, 5.74) is 4.02. The molecule has 0 aliphatic carbocycles. The molecule has 4 heterocycles. The molecule has 1 N–H and O–H groups in total. The SMILES string of the molecule is CCCCOc1cccc(C2/C(=C(\O)c3nc4c(C)cccn4c3C)C(=O)C(=O)N2c2nnc(SCc3ccc(Cl)cc3)s2)c1. The van der Waals surface area contributed by atoms with Crippen molar-refractivity contribution in [3.63, 3.8) is 0 Å². The van der Waals surface area contributed by atoms with Crippen LogP contribution in [0.4, 0.5) is 5.13 Å². The summed E-state index contributed by atoms with van der Waals surface area (Å²) < 4.78 is 8.44. The maximum atomic E-state index is 13.8. The molecule has 45 heavy (non-hydrogen) atoms. The van der Waals surface area contributed by atoms with E-state index in [9.17, 15) is 14.7 Å². The first kappa shape index (κ1) is 30.8. The van der Waals surface area contributed by atoms with Gasteiger partial charge in [-0.15, -0.1) is 10.2 Å². The predicted octanol–water partition coefficient (Wildman–Crippen LogP) is 7.55. The van der Waals surface area contributed by atoms with Crippen LogP contribution in [0.2, 0.25) is 5.02 Å². The van der Waals surface area contributed by atoms with Crippen LogP contribution in [0.1, 0.15) is 53.9 Å². The highest BCUT2D eigenvalue weighted by Gasteiger charge is 2.49. The third kappa shape index (κ3) is 6.07. The molecular formula is C33H30ClN5O4S2. The Labute approximate surface area is 273 Å². The number of ether oxygens (including phenoxy) is 1. The molecular weight excluding hydrogens is 630 g/mol. The number of hydrogen-bond acceptors (Lipinski definition) is 9. The quantitative estimate of drug-likeness (QED) is 0.0409. The number of ketones is 1. The first-order valence-corrected chi connectivity index (χ1v) is 16.6. The number of aryl methyl sites for hydroxylation is 2. The summed E-state index contributed by atoms with van der Waals surface area (Å²) in [5, 5.41) is 21.3. The van der Waals surface area contributed by atoms with Gasteiger partial charge in [-0.2, -0.15) is 0 Å². The molecule has 230 valence electrons. The second-order valence-corrected chi connectivity index (χ2v) is 13.3. The Balaban J connectivity index is 1.43. The molecule has 0 bridgehead atoms. The lowest BCUT2D eigenvalue weighted by molar-refractivity contribution is -0.132. The lowest BCUT2D eigenvalue weighted by Gasteiger charge is -2.23. The van der Waals surface area contributed by atoms with Crippen LogP contribution in [0.15, 0.2) is 76.8 Å². The standard InChI is InChI=1S/C33H30ClN5O4S2/c1-4-5-16-43-24-10-6-9-22(17-24)27-25(28(40)26-20(3)38-15-7-8-19(2)30(38)35-26)29(41)31(42)39(27)32-36-37-33(45-32)44-18-21-11-13-23(34)14-12-21/h6-15,17,27,40H,4-5,16,18H2,1-3H3/b28-25+. The van der Waals surface area contributed by atoms with Crippen molar-refractivity contribution in [3.05, 3.63) is 106 Å². The number of unbranched alkanes of at least 4 members (excludes halogenated alkanes) is 1. The highest BCUT2D eigenvalue weighted by molar-refractivity contribution is 8.00. The molecule has 12 heteroatoms. The summed E-state index contributed by atoms with van der Waals surface area (Å²) in [4.78, 5) is 33.5. The molecule has 9 nitrogen and oxygen atoms in total. The van der Waals surface area contributed by atoms with Gasteiger partial charge in [0.25, 0.3) is 5.78 Å². The molecule has 0 saturated carbocycles. The van der Waals surface area contributed by atoms with Crippen molar-refractivity contribution in [1.82, 2.24) is 19.6 Å². The van der Waals surface area contributed by atoms with Gasteiger partial charge >= 0.3 is 5.91 Å². The molecule has 6 rings (SSSR count). The van der Waals surface area contributed by atoms with Gasteiger partial charge in [-0.25, -0.2) is 4.98 Å². The summed E-state index contributed by atoms with van der Waals surface area (Å²) in [6.45, 7) is 6.36. The number of fused-ring (bicyclic) bond motifs is 1. The Bertz CT molecular complexity index is 1940. The fraction of sp³-hybridized carbons (Fsp3) is 0.242. The number of anilines is 1. The summed E-state index contributed by atoms with van der Waals surface area (Å²) in [7, 11) is 0. The molecule has 0 radical (unpaired) electrons. The second-order valence-electron chi connectivity index (χ2n) is 10.6. The summed E-state index contributed by atoms with van der Waals surface area (Å²) in [5.74, 6) is -0.754. The van der Waals surface area contributed by atoms with Crippen LogP contribution in [0.3, 0.4) is 0 Å². The number of aromatic nitrogens is 4. The van der Waals surface area contributed by atoms with Crippen molar-refractivity contribution in [3.8, 4) is 5.75 Å². The van der Waals surface area contributed by atoms with Crippen LogP contribution in [-0.4, -0.2) is 43.0 Å². The molecule has 1 amide bonds. The number of aliphatic hydroxyl groups is 1. The number of Topliss-reactive ketones (excluding diaryl/α,β-unsaturated/α-hetero) is 1. The maximum absolute atomic E-state index is 13.8. The Morgan fingerprint density at radius 1 is 1.09 bits per heavy atom. The Morgan fingerprint density at radius 2 is 1.89 bits per heavy atom. The Morgan fingerprint density at radius 3 is 2.64 bits per heavy atom. The number of amides is 1. The topological polar surface area (TPSA) is 110 Å². The molecule has 2 aromatic carbocycles. The third-order valence-corrected chi connectivity index (χ3v) is 9.95. The zero-order valence-electron chi connectivity index (χ0n) is 24.9. The van der Waals surface area contributed by atoms with Crippen molar-refractivity contribution in [1.29, 1.82) is 0 Å². The number of halogens is 1. The maximum Gasteiger partial charge on any atom is 0.301 e. The predicted molar refractivity (Wildman–Crippen MR) is 177 cm³/mol. The average Bonchev–Trinajstić information content (AvgIpc) is 3.72. The van der Waals surface area contributed by atoms with E-state index < -0.39 is 17.7 Å². The van der Waals surface area contributed by atoms with Gasteiger partial charge in [-0.1, -0.05) is 78.4 Å². The van der Waals surface area contributed by atoms with Crippen LogP contribution < -0.4 is 9.64 Å². The minimum Gasteiger partial charge on any atom is -0.505 e. The van der Waals surface area contributed by atoms with Crippen molar-refractivity contribution < 1.29 is 19.4 Å². The first-order chi connectivity index (χ1) is 21.8. The number of benzene rings is 2. The van der Waals surface area contributed by atoms with Crippen LogP contribution in [0.25, 0.3) is 11.4 Å². The number of aliphatic hydroxyl groups excluding tert-OH is 1. The van der Waals surface area contributed by atoms with E-state index in [1.165, 1.54) is 28.0 Å². The van der Waals surface area contributed by atoms with Gasteiger partial charge in [0.15, 0.2) is 10.1 Å². The highest BCUT2D eigenvalue weighted by Crippen LogP contribution is 2.45. The minimum atomic E-state index is -0.980. The normalized spacial score (nSPS) is 16.2. The largest absolute Gasteiger partial charge is 0.505 e. The lowest BCUT2D eigenvalue weighted by atomic mass is 9.96. The zero-order chi connectivity index (χ0) is 31.7. The summed E-state index contributed by atoms with van der Waals surface area (Å²) in [6.07, 6.45) is 3.71. The molecule has 1 aliphatic heterocycles. The van der Waals surface area contributed by atoms with E-state index >= 15 is 0 Å². The highest BCUT2D eigenvalue weighted by atomic mass is 35.5. The van der Waals surface area contributed by atoms with E-state index in [-0.39, 0.29) is 22.2 Å². The molecule has 1 fully saturated rings. The molecule has 1 atom stereocenters. The van der Waals surface area contributed by atoms with Gasteiger partial charge in [-0.05, 0) is 67.3 Å². The van der Waals surface area contributed by atoms with Crippen molar-refractivity contribution in [2.75, 3.05) is 11.5 Å². The van der Waals surface area contributed by atoms with Crippen LogP contribution in [-0.2, 0) is 15.3 Å². The van der Waals surface area contributed by atoms with Gasteiger partial charge in [0.1, 0.15) is 17.1 Å². The van der Waals surface area contributed by atoms with Gasteiger partial charge in [0.2, 0.25) is 5.13 Å². The minimum absolute atomic E-state index is 0.0690. The molecule has 1 aliphatic rings. The van der Waals surface area contributed by atoms with Crippen molar-refractivity contribution >= 4 is 62.9 Å². The lowest BCUT2D eigenvalue weighted by Crippen LogP contribution is -2.29. The smallest absolute Gasteiger partial charge is 0.301 e. The number of hydrogen-bond donors (Lipinski definition) is 1. The number of thioether (sulfide) groups is 1. The molecule has 3 aromatic heterocycles. The van der Waals surface area contributed by atoms with E-state index in [4.69, 9.17) is 16.3 Å². The Hall–Kier alpha value is -4.19. The van der Waals surface area contributed by atoms with Crippen LogP contribution in [0.5, 0.6) is 5.75 Å². The molecule has 5 aromatic rings. The van der Waals surface area contributed by atoms with Gasteiger partial charge < -0.3 is 14.2 Å². The van der Waals surface area contributed by atoms with Crippen molar-refractivity contribution in [2.45, 2.75) is 49.7 Å². The summed E-state index contributed by atoms with van der Waals surface area (Å²) >= 11 is 8.69. The van der Waals surface area contributed by atoms with Crippen LogP contribution in [0, 0.1) is 13.8 Å². The molecule has 0 spiro atoms. The van der Waals surface area contributed by atoms with Crippen LogP contribution >= 0.6 is 34.7 Å². The van der Waals surface area contributed by atoms with E-state index in [0.717, 1.165) is 24.0 Å². The molecule has 1 saturated heterocycles. The fourth-order valence-electron chi connectivity index (χ4n) is 5.21. The number of rotatable bonds is 10. The first-order valence-electron chi connectivity index (χ1n) is 14.5. The third-order valence-electron chi connectivity index (χ3n) is 7.57. The van der Waals surface area contributed by atoms with E-state index in [1.54, 1.807) is 12.1 Å². The number of carbonyl (C=O) groups excluding carboxylic acids is 2. The van der Waals surface area contributed by atoms with E-state index in [0.29, 0.717) is 44.4 Å². The Kier molecular flexibility index (Phi) is 8.93. The monoisotopic (exact) mass is 659 g/mol. The van der Waals surface area contributed by atoms with E-state index in [2.05, 4.69) is 22.1 Å². The fourth-order valence-corrected chi connectivity index (χ4v) is 7.16. The number of imidazole rings is 1. The van der Waals surface area contributed by atoms with Gasteiger partial charge in [0.05, 0.1) is 23.9 Å².